The zero-order valence-corrected chi connectivity index (χ0v) is 14.2. The first-order valence-corrected chi connectivity index (χ1v) is 8.21. The largest absolute Gasteiger partial charge is 0.469 e. The Kier molecular flexibility index (Phi) is 11.0. The Morgan fingerprint density at radius 3 is 2.50 bits per heavy atom. The molecule has 0 bridgehead atoms. The molecule has 0 aliphatic carbocycles. The highest BCUT2D eigenvalue weighted by molar-refractivity contribution is 5.76. The molecule has 24 heavy (non-hydrogen) atoms. The molecular weight excluding hydrogens is 308 g/mol. The van der Waals surface area contributed by atoms with Crippen LogP contribution < -0.4 is 5.43 Å². The third-order valence-electron chi connectivity index (χ3n) is 3.35. The third kappa shape index (κ3) is 10.5. The number of carbonyl (C=O) groups is 2. The van der Waals surface area contributed by atoms with Gasteiger partial charge in [0, 0.05) is 12.8 Å². The molecule has 0 fully saturated rings. The molecule has 1 rings (SSSR count). The minimum atomic E-state index is -0.184. The fourth-order valence-corrected chi connectivity index (χ4v) is 2.03. The average Bonchev–Trinajstić information content (AvgIpc) is 2.61. The summed E-state index contributed by atoms with van der Waals surface area (Å²) in [5, 5.41) is 3.84. The average molecular weight is 334 g/mol. The van der Waals surface area contributed by atoms with Crippen LogP contribution in [0.2, 0.25) is 0 Å². The van der Waals surface area contributed by atoms with Gasteiger partial charge in [-0.1, -0.05) is 43.2 Å². The van der Waals surface area contributed by atoms with Crippen LogP contribution in [0.15, 0.2) is 35.4 Å². The van der Waals surface area contributed by atoms with Gasteiger partial charge < -0.3 is 9.47 Å². The molecule has 1 amide bonds. The summed E-state index contributed by atoms with van der Waals surface area (Å²) in [6.07, 6.45) is 5.82. The predicted molar refractivity (Wildman–Crippen MR) is 92.5 cm³/mol. The van der Waals surface area contributed by atoms with E-state index in [0.29, 0.717) is 26.1 Å². The van der Waals surface area contributed by atoms with Crippen molar-refractivity contribution in [1.82, 2.24) is 5.43 Å². The van der Waals surface area contributed by atoms with Gasteiger partial charge in [0.15, 0.2) is 0 Å². The Morgan fingerprint density at radius 2 is 1.79 bits per heavy atom. The van der Waals surface area contributed by atoms with E-state index in [2.05, 4.69) is 15.3 Å². The molecular formula is C18H26N2O4. The summed E-state index contributed by atoms with van der Waals surface area (Å²) < 4.78 is 9.98. The summed E-state index contributed by atoms with van der Waals surface area (Å²) in [7, 11) is 1.39. The number of carbonyl (C=O) groups excluding carboxylic acids is 2. The van der Waals surface area contributed by atoms with Crippen LogP contribution in [0.25, 0.3) is 0 Å². The Morgan fingerprint density at radius 1 is 1.08 bits per heavy atom. The molecule has 0 atom stereocenters. The van der Waals surface area contributed by atoms with Gasteiger partial charge in [0.2, 0.25) is 5.91 Å². The van der Waals surface area contributed by atoms with Crippen molar-refractivity contribution < 1.29 is 19.1 Å². The Hall–Kier alpha value is -2.21. The molecule has 0 saturated heterocycles. The summed E-state index contributed by atoms with van der Waals surface area (Å²) in [5.74, 6) is -0.293. The lowest BCUT2D eigenvalue weighted by molar-refractivity contribution is -0.140. The maximum Gasteiger partial charge on any atom is 0.305 e. The number of amides is 1. The highest BCUT2D eigenvalue weighted by Crippen LogP contribution is 2.06. The molecule has 132 valence electrons. The number of nitrogens with zero attached hydrogens (tertiary/aromatic N) is 1. The van der Waals surface area contributed by atoms with E-state index < -0.39 is 0 Å². The lowest BCUT2D eigenvalue weighted by Crippen LogP contribution is -2.17. The van der Waals surface area contributed by atoms with Gasteiger partial charge in [-0.15, -0.1) is 0 Å². The van der Waals surface area contributed by atoms with Crippen molar-refractivity contribution in [3.8, 4) is 0 Å². The maximum atomic E-state index is 11.5. The fourth-order valence-electron chi connectivity index (χ4n) is 2.03. The van der Waals surface area contributed by atoms with Crippen molar-refractivity contribution in [2.75, 3.05) is 13.7 Å². The second-order valence-corrected chi connectivity index (χ2v) is 5.34. The smallest absolute Gasteiger partial charge is 0.305 e. The van der Waals surface area contributed by atoms with Crippen molar-refractivity contribution in [1.29, 1.82) is 0 Å². The Bertz CT molecular complexity index is 503. The summed E-state index contributed by atoms with van der Waals surface area (Å²) in [6.45, 7) is 0.870. The zero-order valence-electron chi connectivity index (χ0n) is 14.2. The number of methoxy groups -OCH3 is 1. The molecule has 0 unspecified atom stereocenters. The van der Waals surface area contributed by atoms with Crippen LogP contribution in [-0.4, -0.2) is 31.8 Å². The van der Waals surface area contributed by atoms with Crippen molar-refractivity contribution in [2.45, 2.75) is 45.1 Å². The van der Waals surface area contributed by atoms with Crippen LogP contribution in [-0.2, 0) is 25.7 Å². The minimum absolute atomic E-state index is 0.109. The van der Waals surface area contributed by atoms with E-state index in [1.807, 2.05) is 30.3 Å². The van der Waals surface area contributed by atoms with Crippen LogP contribution in [0.3, 0.4) is 0 Å². The Labute approximate surface area is 143 Å². The molecule has 1 aromatic carbocycles. The number of rotatable bonds is 12. The van der Waals surface area contributed by atoms with Crippen LogP contribution in [0.1, 0.15) is 44.1 Å². The summed E-state index contributed by atoms with van der Waals surface area (Å²) in [6, 6.07) is 9.86. The van der Waals surface area contributed by atoms with E-state index in [0.717, 1.165) is 31.2 Å². The van der Waals surface area contributed by atoms with Gasteiger partial charge >= 0.3 is 5.97 Å². The Balaban J connectivity index is 1.94. The summed E-state index contributed by atoms with van der Waals surface area (Å²) >= 11 is 0. The quantitative estimate of drug-likeness (QED) is 0.276. The fraction of sp³-hybridized carbons (Fsp3) is 0.500. The van der Waals surface area contributed by atoms with Crippen LogP contribution >= 0.6 is 0 Å². The SMILES string of the molecule is COC(=O)CCCCCCC(=O)N/N=C/COCc1ccccc1. The van der Waals surface area contributed by atoms with E-state index in [1.54, 1.807) is 0 Å². The first-order chi connectivity index (χ1) is 11.7. The lowest BCUT2D eigenvalue weighted by Gasteiger charge is -2.02. The number of nitrogens with one attached hydrogen (secondary N) is 1. The van der Waals surface area contributed by atoms with Crippen molar-refractivity contribution in [2.24, 2.45) is 5.10 Å². The second kappa shape index (κ2) is 13.2. The van der Waals surface area contributed by atoms with E-state index in [4.69, 9.17) is 4.74 Å². The number of hydrogen-bond acceptors (Lipinski definition) is 5. The molecule has 6 nitrogen and oxygen atoms in total. The van der Waals surface area contributed by atoms with Gasteiger partial charge in [0.25, 0.3) is 0 Å². The topological polar surface area (TPSA) is 77.0 Å². The van der Waals surface area contributed by atoms with Crippen molar-refractivity contribution in [3.63, 3.8) is 0 Å². The molecule has 0 aliphatic heterocycles. The van der Waals surface area contributed by atoms with Crippen molar-refractivity contribution >= 4 is 18.1 Å². The van der Waals surface area contributed by atoms with Crippen molar-refractivity contribution in [3.05, 3.63) is 35.9 Å². The number of benzene rings is 1. The van der Waals surface area contributed by atoms with Crippen LogP contribution in [0, 0.1) is 0 Å². The maximum absolute atomic E-state index is 11.5. The molecule has 0 radical (unpaired) electrons. The van der Waals surface area contributed by atoms with E-state index in [-0.39, 0.29) is 11.9 Å². The molecule has 0 aromatic heterocycles. The molecule has 0 heterocycles. The monoisotopic (exact) mass is 334 g/mol. The number of ether oxygens (including phenoxy) is 2. The molecule has 0 spiro atoms. The van der Waals surface area contributed by atoms with Crippen LogP contribution in [0.5, 0.6) is 0 Å². The number of hydrazone groups is 1. The number of esters is 1. The number of unbranched alkanes of at least 4 members (excludes halogenated alkanes) is 3. The molecule has 1 aromatic rings. The van der Waals surface area contributed by atoms with Gasteiger partial charge in [-0.2, -0.15) is 5.10 Å². The second-order valence-electron chi connectivity index (χ2n) is 5.34. The standard InChI is InChI=1S/C18H26N2O4/c1-23-18(22)12-8-3-2-7-11-17(21)20-19-13-14-24-15-16-9-5-4-6-10-16/h4-6,9-10,13H,2-3,7-8,11-12,14-15H2,1H3,(H,20,21)/b19-13+. The third-order valence-corrected chi connectivity index (χ3v) is 3.35. The van der Waals surface area contributed by atoms with Gasteiger partial charge in [-0.3, -0.25) is 9.59 Å². The molecule has 0 saturated carbocycles. The highest BCUT2D eigenvalue weighted by Gasteiger charge is 2.01. The molecule has 1 N–H and O–H groups in total. The van der Waals surface area contributed by atoms with E-state index >= 15 is 0 Å². The highest BCUT2D eigenvalue weighted by atomic mass is 16.5. The predicted octanol–water partition coefficient (Wildman–Crippen LogP) is 2.82. The normalized spacial score (nSPS) is 10.7. The minimum Gasteiger partial charge on any atom is -0.469 e. The number of hydrogen-bond donors (Lipinski definition) is 1. The van der Waals surface area contributed by atoms with Gasteiger partial charge in [0.05, 0.1) is 26.5 Å². The zero-order chi connectivity index (χ0) is 17.5. The first-order valence-electron chi connectivity index (χ1n) is 8.21. The molecule has 0 aliphatic rings. The van der Waals surface area contributed by atoms with Gasteiger partial charge in [-0.25, -0.2) is 5.43 Å². The first kappa shape index (κ1) is 19.8. The molecule has 6 heteroatoms. The van der Waals surface area contributed by atoms with E-state index in [1.165, 1.54) is 13.3 Å². The van der Waals surface area contributed by atoms with Crippen LogP contribution in [0.4, 0.5) is 0 Å². The van der Waals surface area contributed by atoms with E-state index in [9.17, 15) is 9.59 Å². The summed E-state index contributed by atoms with van der Waals surface area (Å²) in [5.41, 5.74) is 3.58. The lowest BCUT2D eigenvalue weighted by atomic mass is 10.1. The van der Waals surface area contributed by atoms with Gasteiger partial charge in [-0.05, 0) is 18.4 Å². The van der Waals surface area contributed by atoms with Gasteiger partial charge in [0.1, 0.15) is 0 Å². The summed E-state index contributed by atoms with van der Waals surface area (Å²) in [4.78, 5) is 22.5.